The highest BCUT2D eigenvalue weighted by Gasteiger charge is 2.26. The van der Waals surface area contributed by atoms with Crippen LogP contribution in [-0.2, 0) is 24.1 Å². The molecule has 0 atom stereocenters. The van der Waals surface area contributed by atoms with Crippen LogP contribution >= 0.6 is 0 Å². The van der Waals surface area contributed by atoms with Crippen molar-refractivity contribution in [1.82, 2.24) is 0 Å². The van der Waals surface area contributed by atoms with E-state index in [9.17, 15) is 4.79 Å². The van der Waals surface area contributed by atoms with Crippen molar-refractivity contribution in [3.05, 3.63) is 70.8 Å². The number of carbonyl (C=O) groups excluding carboxylic acids is 1. The van der Waals surface area contributed by atoms with Crippen molar-refractivity contribution in [3.63, 3.8) is 0 Å². The van der Waals surface area contributed by atoms with E-state index in [0.717, 1.165) is 18.4 Å². The third-order valence-corrected chi connectivity index (χ3v) is 4.01. The second-order valence-corrected chi connectivity index (χ2v) is 5.50. The lowest BCUT2D eigenvalue weighted by Crippen LogP contribution is -2.17. The van der Waals surface area contributed by atoms with Crippen LogP contribution < -0.4 is 0 Å². The number of carbonyl (C=O) groups is 1. The van der Waals surface area contributed by atoms with E-state index in [4.69, 9.17) is 0 Å². The molecule has 1 aliphatic rings. The normalized spacial score (nSPS) is 14.4. The number of Topliss-reactive ketones (excluding diaryl/α,β-unsaturated/α-hetero) is 1. The summed E-state index contributed by atoms with van der Waals surface area (Å²) in [6, 6.07) is 16.7. The molecular weight excluding hydrogens is 232 g/mol. The van der Waals surface area contributed by atoms with E-state index in [-0.39, 0.29) is 5.92 Å². The molecule has 0 unspecified atom stereocenters. The summed E-state index contributed by atoms with van der Waals surface area (Å²) in [6.45, 7) is 2.07. The molecule has 3 rings (SSSR count). The standard InChI is InChI=1S/C18H18O/c1-13-6-8-14(9-7-13)10-18(19)17-11-15-4-2-3-5-16(15)12-17/h2-9,17H,10-12H2,1H3. The number of rotatable bonds is 3. The average molecular weight is 250 g/mol. The smallest absolute Gasteiger partial charge is 0.140 e. The summed E-state index contributed by atoms with van der Waals surface area (Å²) in [5, 5.41) is 0. The molecule has 0 amide bonds. The van der Waals surface area contributed by atoms with Gasteiger partial charge in [0.05, 0.1) is 0 Å². The molecule has 96 valence electrons. The highest BCUT2D eigenvalue weighted by atomic mass is 16.1. The van der Waals surface area contributed by atoms with Crippen LogP contribution in [0.1, 0.15) is 22.3 Å². The molecule has 1 aliphatic carbocycles. The molecule has 0 radical (unpaired) electrons. The van der Waals surface area contributed by atoms with Crippen LogP contribution in [0.5, 0.6) is 0 Å². The van der Waals surface area contributed by atoms with Gasteiger partial charge in [-0.3, -0.25) is 4.79 Å². The first-order valence-electron chi connectivity index (χ1n) is 6.87. The van der Waals surface area contributed by atoms with E-state index in [1.165, 1.54) is 16.7 Å². The van der Waals surface area contributed by atoms with E-state index in [0.29, 0.717) is 12.2 Å². The quantitative estimate of drug-likeness (QED) is 0.814. The first-order chi connectivity index (χ1) is 9.22. The molecule has 0 bridgehead atoms. The van der Waals surface area contributed by atoms with Crippen LogP contribution in [-0.4, -0.2) is 5.78 Å². The summed E-state index contributed by atoms with van der Waals surface area (Å²) in [7, 11) is 0. The maximum atomic E-state index is 12.4. The topological polar surface area (TPSA) is 17.1 Å². The summed E-state index contributed by atoms with van der Waals surface area (Å²) >= 11 is 0. The maximum absolute atomic E-state index is 12.4. The second kappa shape index (κ2) is 5.00. The van der Waals surface area contributed by atoms with Crippen molar-refractivity contribution in [1.29, 1.82) is 0 Å². The summed E-state index contributed by atoms with van der Waals surface area (Å²) in [6.07, 6.45) is 2.40. The minimum absolute atomic E-state index is 0.179. The van der Waals surface area contributed by atoms with Crippen LogP contribution in [0.15, 0.2) is 48.5 Å². The van der Waals surface area contributed by atoms with Crippen LogP contribution in [0.25, 0.3) is 0 Å². The summed E-state index contributed by atoms with van der Waals surface area (Å²) in [5.41, 5.74) is 5.07. The SMILES string of the molecule is Cc1ccc(CC(=O)C2Cc3ccccc3C2)cc1. The predicted molar refractivity (Wildman–Crippen MR) is 77.2 cm³/mol. The molecule has 2 aromatic rings. The van der Waals surface area contributed by atoms with Crippen LogP contribution in [0.3, 0.4) is 0 Å². The Kier molecular flexibility index (Phi) is 3.20. The van der Waals surface area contributed by atoms with Gasteiger partial charge in [0.2, 0.25) is 0 Å². The number of hydrogen-bond acceptors (Lipinski definition) is 1. The van der Waals surface area contributed by atoms with Gasteiger partial charge >= 0.3 is 0 Å². The molecule has 0 N–H and O–H groups in total. The van der Waals surface area contributed by atoms with E-state index in [1.807, 2.05) is 0 Å². The lowest BCUT2D eigenvalue weighted by atomic mass is 9.95. The third-order valence-electron chi connectivity index (χ3n) is 4.01. The Hall–Kier alpha value is -1.89. The van der Waals surface area contributed by atoms with Crippen molar-refractivity contribution >= 4 is 5.78 Å². The molecule has 2 aromatic carbocycles. The molecule has 0 saturated heterocycles. The Morgan fingerprint density at radius 2 is 1.58 bits per heavy atom. The minimum atomic E-state index is 0.179. The lowest BCUT2D eigenvalue weighted by Gasteiger charge is -2.08. The molecule has 0 heterocycles. The van der Waals surface area contributed by atoms with Crippen molar-refractivity contribution in [2.45, 2.75) is 26.2 Å². The molecule has 19 heavy (non-hydrogen) atoms. The largest absolute Gasteiger partial charge is 0.299 e. The van der Waals surface area contributed by atoms with Crippen LogP contribution in [0.2, 0.25) is 0 Å². The Labute approximate surface area is 114 Å². The summed E-state index contributed by atoms with van der Waals surface area (Å²) in [4.78, 5) is 12.4. The van der Waals surface area contributed by atoms with Gasteiger partial charge in [0.15, 0.2) is 0 Å². The Balaban J connectivity index is 1.68. The third kappa shape index (κ3) is 2.60. The van der Waals surface area contributed by atoms with Crippen LogP contribution in [0, 0.1) is 12.8 Å². The molecular formula is C18H18O. The van der Waals surface area contributed by atoms with Gasteiger partial charge in [-0.05, 0) is 36.5 Å². The fraction of sp³-hybridized carbons (Fsp3) is 0.278. The van der Waals surface area contributed by atoms with E-state index < -0.39 is 0 Å². The summed E-state index contributed by atoms with van der Waals surface area (Å²) in [5.74, 6) is 0.554. The highest BCUT2D eigenvalue weighted by molar-refractivity contribution is 5.84. The zero-order valence-corrected chi connectivity index (χ0v) is 11.2. The van der Waals surface area contributed by atoms with Gasteiger partial charge in [-0.2, -0.15) is 0 Å². The first-order valence-corrected chi connectivity index (χ1v) is 6.87. The molecule has 0 aromatic heterocycles. The zero-order chi connectivity index (χ0) is 13.2. The number of hydrogen-bond donors (Lipinski definition) is 0. The van der Waals surface area contributed by atoms with Gasteiger partial charge in [0.1, 0.15) is 5.78 Å². The Bertz CT molecular complexity index is 570. The van der Waals surface area contributed by atoms with Crippen molar-refractivity contribution in [3.8, 4) is 0 Å². The molecule has 1 nitrogen and oxygen atoms in total. The molecule has 0 spiro atoms. The number of benzene rings is 2. The van der Waals surface area contributed by atoms with Gasteiger partial charge < -0.3 is 0 Å². The van der Waals surface area contributed by atoms with Gasteiger partial charge in [0, 0.05) is 12.3 Å². The molecule has 0 saturated carbocycles. The Morgan fingerprint density at radius 3 is 2.16 bits per heavy atom. The molecule has 1 heteroatoms. The van der Waals surface area contributed by atoms with E-state index >= 15 is 0 Å². The van der Waals surface area contributed by atoms with Gasteiger partial charge in [0.25, 0.3) is 0 Å². The van der Waals surface area contributed by atoms with Gasteiger partial charge in [-0.25, -0.2) is 0 Å². The Morgan fingerprint density at radius 1 is 1.00 bits per heavy atom. The zero-order valence-electron chi connectivity index (χ0n) is 11.2. The first kappa shape index (κ1) is 12.2. The fourth-order valence-corrected chi connectivity index (χ4v) is 2.84. The number of aryl methyl sites for hydroxylation is 1. The fourth-order valence-electron chi connectivity index (χ4n) is 2.84. The highest BCUT2D eigenvalue weighted by Crippen LogP contribution is 2.27. The lowest BCUT2D eigenvalue weighted by molar-refractivity contribution is -0.121. The second-order valence-electron chi connectivity index (χ2n) is 5.50. The van der Waals surface area contributed by atoms with Crippen molar-refractivity contribution in [2.24, 2.45) is 5.92 Å². The van der Waals surface area contributed by atoms with Gasteiger partial charge in [-0.1, -0.05) is 54.1 Å². The maximum Gasteiger partial charge on any atom is 0.140 e. The summed E-state index contributed by atoms with van der Waals surface area (Å²) < 4.78 is 0. The monoisotopic (exact) mass is 250 g/mol. The van der Waals surface area contributed by atoms with Crippen molar-refractivity contribution in [2.75, 3.05) is 0 Å². The van der Waals surface area contributed by atoms with E-state index in [2.05, 4.69) is 55.5 Å². The number of ketones is 1. The van der Waals surface area contributed by atoms with Crippen LogP contribution in [0.4, 0.5) is 0 Å². The number of fused-ring (bicyclic) bond motifs is 1. The minimum Gasteiger partial charge on any atom is -0.299 e. The van der Waals surface area contributed by atoms with Gasteiger partial charge in [-0.15, -0.1) is 0 Å². The van der Waals surface area contributed by atoms with Crippen molar-refractivity contribution < 1.29 is 4.79 Å². The predicted octanol–water partition coefficient (Wildman–Crippen LogP) is 3.52. The molecule has 0 fully saturated rings. The molecule has 0 aliphatic heterocycles. The van der Waals surface area contributed by atoms with E-state index in [1.54, 1.807) is 0 Å². The average Bonchev–Trinajstić information content (AvgIpc) is 2.85.